The van der Waals surface area contributed by atoms with Gasteiger partial charge in [-0.1, -0.05) is 11.6 Å². The van der Waals surface area contributed by atoms with Crippen LogP contribution in [0.3, 0.4) is 0 Å². The van der Waals surface area contributed by atoms with Gasteiger partial charge in [-0.3, -0.25) is 4.72 Å². The van der Waals surface area contributed by atoms with Gasteiger partial charge in [0.1, 0.15) is 5.15 Å². The van der Waals surface area contributed by atoms with E-state index in [9.17, 15) is 8.42 Å². The van der Waals surface area contributed by atoms with Crippen LogP contribution in [0.4, 0.5) is 5.82 Å². The highest BCUT2D eigenvalue weighted by molar-refractivity contribution is 7.92. The maximum atomic E-state index is 12.1. The van der Waals surface area contributed by atoms with E-state index in [0.717, 1.165) is 0 Å². The molecule has 2 rings (SSSR count). The summed E-state index contributed by atoms with van der Waals surface area (Å²) in [5.74, 6) is 0.0661. The molecule has 0 aliphatic rings. The number of sulfonamides is 1. The molecular formula is C12H9ClN4O2S. The lowest BCUT2D eigenvalue weighted by Crippen LogP contribution is -2.14. The van der Waals surface area contributed by atoms with E-state index in [1.807, 2.05) is 6.07 Å². The van der Waals surface area contributed by atoms with Crippen molar-refractivity contribution in [2.75, 3.05) is 4.72 Å². The number of hydrogen-bond acceptors (Lipinski definition) is 5. The Morgan fingerprint density at radius 2 is 2.05 bits per heavy atom. The van der Waals surface area contributed by atoms with Crippen LogP contribution in [0.1, 0.15) is 11.1 Å². The van der Waals surface area contributed by atoms with Crippen LogP contribution in [-0.2, 0) is 10.0 Å². The third-order valence-corrected chi connectivity index (χ3v) is 4.04. The van der Waals surface area contributed by atoms with E-state index in [0.29, 0.717) is 11.1 Å². The van der Waals surface area contributed by atoms with E-state index >= 15 is 0 Å². The van der Waals surface area contributed by atoms with Crippen molar-refractivity contribution >= 4 is 27.4 Å². The summed E-state index contributed by atoms with van der Waals surface area (Å²) < 4.78 is 26.6. The molecule has 1 aromatic carbocycles. The molecule has 0 amide bonds. The predicted octanol–water partition coefficient (Wildman–Crippen LogP) is 2.11. The molecular weight excluding hydrogens is 300 g/mol. The van der Waals surface area contributed by atoms with Gasteiger partial charge in [0, 0.05) is 0 Å². The third kappa shape index (κ3) is 3.04. The molecule has 0 aliphatic heterocycles. The van der Waals surface area contributed by atoms with Gasteiger partial charge < -0.3 is 0 Å². The molecule has 0 fully saturated rings. The number of benzene rings is 1. The van der Waals surface area contributed by atoms with Crippen molar-refractivity contribution in [3.05, 3.63) is 46.9 Å². The molecule has 8 heteroatoms. The van der Waals surface area contributed by atoms with Crippen molar-refractivity contribution in [2.45, 2.75) is 11.8 Å². The van der Waals surface area contributed by atoms with E-state index in [-0.39, 0.29) is 15.9 Å². The van der Waals surface area contributed by atoms with Crippen LogP contribution in [0.15, 0.2) is 35.5 Å². The highest BCUT2D eigenvalue weighted by Crippen LogP contribution is 2.17. The first kappa shape index (κ1) is 14.2. The topological polar surface area (TPSA) is 95.7 Å². The summed E-state index contributed by atoms with van der Waals surface area (Å²) in [6.45, 7) is 1.67. The average Bonchev–Trinajstić information content (AvgIpc) is 2.41. The van der Waals surface area contributed by atoms with E-state index in [4.69, 9.17) is 16.9 Å². The first-order valence-corrected chi connectivity index (χ1v) is 7.29. The smallest absolute Gasteiger partial charge is 0.262 e. The van der Waals surface area contributed by atoms with Gasteiger partial charge in [-0.2, -0.15) is 5.26 Å². The molecule has 6 nitrogen and oxygen atoms in total. The van der Waals surface area contributed by atoms with E-state index in [2.05, 4.69) is 14.7 Å². The van der Waals surface area contributed by atoms with Crippen molar-refractivity contribution < 1.29 is 8.42 Å². The maximum absolute atomic E-state index is 12.1. The Labute approximate surface area is 121 Å². The molecule has 2 aromatic rings. The van der Waals surface area contributed by atoms with E-state index in [1.165, 1.54) is 30.6 Å². The zero-order valence-corrected chi connectivity index (χ0v) is 11.9. The fourth-order valence-electron chi connectivity index (χ4n) is 1.49. The van der Waals surface area contributed by atoms with Crippen LogP contribution in [0, 0.1) is 18.3 Å². The summed E-state index contributed by atoms with van der Waals surface area (Å²) in [7, 11) is -3.78. The number of aryl methyl sites for hydroxylation is 1. The van der Waals surface area contributed by atoms with Crippen LogP contribution in [0.25, 0.3) is 0 Å². The lowest BCUT2D eigenvalue weighted by molar-refractivity contribution is 0.601. The molecule has 20 heavy (non-hydrogen) atoms. The number of hydrogen-bond donors (Lipinski definition) is 1. The summed E-state index contributed by atoms with van der Waals surface area (Å²) in [6, 6.07) is 6.21. The Morgan fingerprint density at radius 1 is 1.30 bits per heavy atom. The van der Waals surface area contributed by atoms with Crippen molar-refractivity contribution in [3.8, 4) is 6.07 Å². The van der Waals surface area contributed by atoms with Crippen molar-refractivity contribution in [3.63, 3.8) is 0 Å². The number of nitrogens with zero attached hydrogens (tertiary/aromatic N) is 3. The fraction of sp³-hybridized carbons (Fsp3) is 0.0833. The number of halogens is 1. The first-order valence-electron chi connectivity index (χ1n) is 5.43. The molecule has 0 spiro atoms. The van der Waals surface area contributed by atoms with Crippen LogP contribution in [0.2, 0.25) is 5.15 Å². The summed E-state index contributed by atoms with van der Waals surface area (Å²) in [6.07, 6.45) is 2.46. The minimum absolute atomic E-state index is 0.0470. The van der Waals surface area contributed by atoms with Crippen LogP contribution in [0.5, 0.6) is 0 Å². The normalized spacial score (nSPS) is 10.8. The Balaban J connectivity index is 2.33. The summed E-state index contributed by atoms with van der Waals surface area (Å²) >= 11 is 5.57. The van der Waals surface area contributed by atoms with Gasteiger partial charge in [-0.25, -0.2) is 18.4 Å². The molecule has 0 saturated carbocycles. The molecule has 0 saturated heterocycles. The maximum Gasteiger partial charge on any atom is 0.263 e. The number of nitriles is 1. The Kier molecular flexibility index (Phi) is 3.88. The molecule has 0 unspecified atom stereocenters. The zero-order chi connectivity index (χ0) is 14.8. The first-order chi connectivity index (χ1) is 9.42. The summed E-state index contributed by atoms with van der Waals surface area (Å²) in [5.41, 5.74) is 1.01. The standard InChI is InChI=1S/C12H9ClN4O2S/c1-8-4-10(3-2-9(8)5-14)20(18,19)17-12-7-15-11(13)6-16-12/h2-4,6-7H,1H3,(H,16,17). The number of nitrogens with one attached hydrogen (secondary N) is 1. The number of rotatable bonds is 3. The quantitative estimate of drug-likeness (QED) is 0.936. The molecule has 0 radical (unpaired) electrons. The molecule has 0 bridgehead atoms. The van der Waals surface area contributed by atoms with Gasteiger partial charge >= 0.3 is 0 Å². The Morgan fingerprint density at radius 3 is 2.60 bits per heavy atom. The number of aromatic nitrogens is 2. The predicted molar refractivity (Wildman–Crippen MR) is 73.7 cm³/mol. The van der Waals surface area contributed by atoms with E-state index < -0.39 is 10.0 Å². The van der Waals surface area contributed by atoms with Gasteiger partial charge in [0.15, 0.2) is 5.82 Å². The average molecular weight is 309 g/mol. The van der Waals surface area contributed by atoms with Crippen molar-refractivity contribution in [1.29, 1.82) is 5.26 Å². The molecule has 1 aromatic heterocycles. The molecule has 102 valence electrons. The van der Waals surface area contributed by atoms with Crippen molar-refractivity contribution in [1.82, 2.24) is 9.97 Å². The fourth-order valence-corrected chi connectivity index (χ4v) is 2.67. The Bertz CT molecular complexity index is 782. The number of anilines is 1. The second-order valence-corrected chi connectivity index (χ2v) is 5.99. The second-order valence-electron chi connectivity index (χ2n) is 3.92. The van der Waals surface area contributed by atoms with Gasteiger partial charge in [0.05, 0.1) is 28.9 Å². The van der Waals surface area contributed by atoms with Crippen LogP contribution < -0.4 is 4.72 Å². The highest BCUT2D eigenvalue weighted by Gasteiger charge is 2.16. The van der Waals surface area contributed by atoms with Crippen molar-refractivity contribution in [2.24, 2.45) is 0 Å². The van der Waals surface area contributed by atoms with Gasteiger partial charge in [0.2, 0.25) is 0 Å². The minimum atomic E-state index is -3.78. The second kappa shape index (κ2) is 5.45. The van der Waals surface area contributed by atoms with Gasteiger partial charge in [-0.05, 0) is 30.7 Å². The third-order valence-electron chi connectivity index (χ3n) is 2.49. The van der Waals surface area contributed by atoms with E-state index in [1.54, 1.807) is 6.92 Å². The largest absolute Gasteiger partial charge is 0.263 e. The zero-order valence-electron chi connectivity index (χ0n) is 10.3. The molecule has 1 N–H and O–H groups in total. The lowest BCUT2D eigenvalue weighted by atomic mass is 10.1. The Hall–Kier alpha value is -2.17. The van der Waals surface area contributed by atoms with Gasteiger partial charge in [0.25, 0.3) is 10.0 Å². The lowest BCUT2D eigenvalue weighted by Gasteiger charge is -2.08. The summed E-state index contributed by atoms with van der Waals surface area (Å²) in [4.78, 5) is 7.59. The van der Waals surface area contributed by atoms with Crippen LogP contribution >= 0.6 is 11.6 Å². The van der Waals surface area contributed by atoms with Gasteiger partial charge in [-0.15, -0.1) is 0 Å². The SMILES string of the molecule is Cc1cc(S(=O)(=O)Nc2cnc(Cl)cn2)ccc1C#N. The highest BCUT2D eigenvalue weighted by atomic mass is 35.5. The molecule has 0 aliphatic carbocycles. The minimum Gasteiger partial charge on any atom is -0.262 e. The monoisotopic (exact) mass is 308 g/mol. The molecule has 1 heterocycles. The summed E-state index contributed by atoms with van der Waals surface area (Å²) in [5, 5.41) is 9.00. The molecule has 0 atom stereocenters. The van der Waals surface area contributed by atoms with Crippen LogP contribution in [-0.4, -0.2) is 18.4 Å².